The molecule has 0 radical (unpaired) electrons. The van der Waals surface area contributed by atoms with Gasteiger partial charge < -0.3 is 4.74 Å². The minimum absolute atomic E-state index is 0.368. The van der Waals surface area contributed by atoms with Gasteiger partial charge in [0.2, 0.25) is 0 Å². The first-order valence-corrected chi connectivity index (χ1v) is 6.95. The van der Waals surface area contributed by atoms with E-state index in [9.17, 15) is 4.79 Å². The molecule has 0 aliphatic heterocycles. The number of rotatable bonds is 5. The molecule has 2 nitrogen and oxygen atoms in total. The Morgan fingerprint density at radius 3 is 2.50 bits per heavy atom. The molecule has 0 saturated heterocycles. The van der Waals surface area contributed by atoms with Crippen molar-refractivity contribution < 1.29 is 9.53 Å². The first-order chi connectivity index (χ1) is 8.39. The quantitative estimate of drug-likeness (QED) is 0.505. The molecule has 0 spiro atoms. The second-order valence-corrected chi connectivity index (χ2v) is 5.99. The van der Waals surface area contributed by atoms with Crippen LogP contribution in [0.5, 0.6) is 0 Å². The Bertz CT molecular complexity index is 404. The molecular formula is C13H16Cl2O2S. The summed E-state index contributed by atoms with van der Waals surface area (Å²) in [4.78, 5) is 11.8. The Hall–Kier alpha value is -0.380. The van der Waals surface area contributed by atoms with E-state index in [0.717, 1.165) is 12.0 Å². The SMILES string of the molecule is CCCOC(=O)C(Cl)C(C)(S)c1ccc(Cl)cc1. The van der Waals surface area contributed by atoms with Gasteiger partial charge in [0.15, 0.2) is 0 Å². The molecule has 18 heavy (non-hydrogen) atoms. The van der Waals surface area contributed by atoms with Crippen molar-refractivity contribution in [2.45, 2.75) is 30.4 Å². The number of hydrogen-bond acceptors (Lipinski definition) is 3. The van der Waals surface area contributed by atoms with Gasteiger partial charge in [-0.1, -0.05) is 30.7 Å². The molecule has 5 heteroatoms. The highest BCUT2D eigenvalue weighted by Crippen LogP contribution is 2.36. The average molecular weight is 307 g/mol. The Morgan fingerprint density at radius 1 is 1.44 bits per heavy atom. The predicted molar refractivity (Wildman–Crippen MR) is 78.7 cm³/mol. The molecule has 0 saturated carbocycles. The van der Waals surface area contributed by atoms with Gasteiger partial charge in [-0.3, -0.25) is 4.79 Å². The van der Waals surface area contributed by atoms with Gasteiger partial charge in [0.25, 0.3) is 0 Å². The summed E-state index contributed by atoms with van der Waals surface area (Å²) in [5.74, 6) is -0.453. The average Bonchev–Trinajstić information content (AvgIpc) is 2.35. The van der Waals surface area contributed by atoms with Gasteiger partial charge in [-0.05, 0) is 31.0 Å². The molecule has 0 fully saturated rings. The van der Waals surface area contributed by atoms with Gasteiger partial charge in [-0.2, -0.15) is 12.6 Å². The largest absolute Gasteiger partial charge is 0.465 e. The summed E-state index contributed by atoms with van der Waals surface area (Å²) >= 11 is 16.5. The van der Waals surface area contributed by atoms with Crippen molar-refractivity contribution in [2.75, 3.05) is 6.61 Å². The molecule has 0 bridgehead atoms. The van der Waals surface area contributed by atoms with Crippen LogP contribution in [0.15, 0.2) is 24.3 Å². The standard InChI is InChI=1S/C13H16Cl2O2S/c1-3-8-17-12(16)11(15)13(2,18)9-4-6-10(14)7-5-9/h4-7,11,18H,3,8H2,1-2H3. The fourth-order valence-corrected chi connectivity index (χ4v) is 2.01. The number of benzene rings is 1. The Morgan fingerprint density at radius 2 is 2.00 bits per heavy atom. The lowest BCUT2D eigenvalue weighted by molar-refractivity contribution is -0.143. The van der Waals surface area contributed by atoms with Gasteiger partial charge in [0, 0.05) is 5.02 Å². The molecule has 2 atom stereocenters. The fourth-order valence-electron chi connectivity index (χ4n) is 1.44. The second-order valence-electron chi connectivity index (χ2n) is 4.18. The number of thiol groups is 1. The number of halogens is 2. The van der Waals surface area contributed by atoms with Crippen molar-refractivity contribution in [1.29, 1.82) is 0 Å². The van der Waals surface area contributed by atoms with Crippen LogP contribution in [-0.2, 0) is 14.3 Å². The normalized spacial score (nSPS) is 15.8. The lowest BCUT2D eigenvalue weighted by Crippen LogP contribution is -2.35. The highest BCUT2D eigenvalue weighted by Gasteiger charge is 2.37. The van der Waals surface area contributed by atoms with E-state index < -0.39 is 16.1 Å². The van der Waals surface area contributed by atoms with E-state index in [1.807, 2.05) is 6.92 Å². The summed E-state index contributed by atoms with van der Waals surface area (Å²) < 4.78 is 4.23. The minimum atomic E-state index is -0.853. The molecule has 0 aliphatic rings. The summed E-state index contributed by atoms with van der Waals surface area (Å²) in [5.41, 5.74) is 0.823. The van der Waals surface area contributed by atoms with Crippen molar-refractivity contribution in [2.24, 2.45) is 0 Å². The molecule has 1 aromatic carbocycles. The van der Waals surface area contributed by atoms with Crippen molar-refractivity contribution in [1.82, 2.24) is 0 Å². The van der Waals surface area contributed by atoms with Gasteiger partial charge in [-0.15, -0.1) is 11.6 Å². The highest BCUT2D eigenvalue weighted by atomic mass is 35.5. The second kappa shape index (κ2) is 6.69. The van der Waals surface area contributed by atoms with Crippen LogP contribution >= 0.6 is 35.8 Å². The third-order valence-corrected chi connectivity index (χ3v) is 4.11. The summed E-state index contributed by atoms with van der Waals surface area (Å²) in [6.45, 7) is 4.08. The van der Waals surface area contributed by atoms with E-state index in [0.29, 0.717) is 11.6 Å². The van der Waals surface area contributed by atoms with E-state index in [1.54, 1.807) is 31.2 Å². The minimum Gasteiger partial charge on any atom is -0.465 e. The van der Waals surface area contributed by atoms with Crippen LogP contribution in [0.1, 0.15) is 25.8 Å². The van der Waals surface area contributed by atoms with Crippen molar-refractivity contribution >= 4 is 41.8 Å². The van der Waals surface area contributed by atoms with Gasteiger partial charge in [-0.25, -0.2) is 0 Å². The monoisotopic (exact) mass is 306 g/mol. The number of hydrogen-bond donors (Lipinski definition) is 1. The Labute approximate surface area is 123 Å². The van der Waals surface area contributed by atoms with Gasteiger partial charge >= 0.3 is 5.97 Å². The zero-order valence-corrected chi connectivity index (χ0v) is 12.7. The smallest absolute Gasteiger partial charge is 0.325 e. The lowest BCUT2D eigenvalue weighted by atomic mass is 9.96. The van der Waals surface area contributed by atoms with E-state index in [-0.39, 0.29) is 0 Å². The summed E-state index contributed by atoms with van der Waals surface area (Å²) in [5, 5.41) is -0.226. The number of carbonyl (C=O) groups is 1. The van der Waals surface area contributed by atoms with Crippen LogP contribution in [0.25, 0.3) is 0 Å². The van der Waals surface area contributed by atoms with Crippen molar-refractivity contribution in [3.05, 3.63) is 34.9 Å². The van der Waals surface area contributed by atoms with E-state index >= 15 is 0 Å². The molecule has 0 heterocycles. The van der Waals surface area contributed by atoms with Crippen LogP contribution in [-0.4, -0.2) is 18.0 Å². The summed E-state index contributed by atoms with van der Waals surface area (Å²) in [6, 6.07) is 7.09. The lowest BCUT2D eigenvalue weighted by Gasteiger charge is -2.28. The molecule has 100 valence electrons. The van der Waals surface area contributed by atoms with E-state index in [1.165, 1.54) is 0 Å². The fraction of sp³-hybridized carbons (Fsp3) is 0.462. The van der Waals surface area contributed by atoms with E-state index in [2.05, 4.69) is 12.6 Å². The third kappa shape index (κ3) is 3.81. The van der Waals surface area contributed by atoms with Gasteiger partial charge in [0.05, 0.1) is 11.4 Å². The molecule has 2 unspecified atom stereocenters. The Balaban J connectivity index is 2.84. The molecule has 1 aromatic rings. The van der Waals surface area contributed by atoms with Crippen molar-refractivity contribution in [3.63, 3.8) is 0 Å². The van der Waals surface area contributed by atoms with Crippen LogP contribution in [0.4, 0.5) is 0 Å². The molecular weight excluding hydrogens is 291 g/mol. The van der Waals surface area contributed by atoms with Gasteiger partial charge in [0.1, 0.15) is 5.38 Å². The predicted octanol–water partition coefficient (Wildman–Crippen LogP) is 4.05. The number of alkyl halides is 1. The first-order valence-electron chi connectivity index (χ1n) is 5.68. The highest BCUT2D eigenvalue weighted by molar-refractivity contribution is 7.81. The van der Waals surface area contributed by atoms with Crippen LogP contribution in [0.2, 0.25) is 5.02 Å². The topological polar surface area (TPSA) is 26.3 Å². The maximum Gasteiger partial charge on any atom is 0.325 e. The van der Waals surface area contributed by atoms with Crippen LogP contribution in [0.3, 0.4) is 0 Å². The Kier molecular flexibility index (Phi) is 5.83. The number of ether oxygens (including phenoxy) is 1. The summed E-state index contributed by atoms with van der Waals surface area (Å²) in [6.07, 6.45) is 0.763. The number of carbonyl (C=O) groups excluding carboxylic acids is 1. The van der Waals surface area contributed by atoms with Crippen LogP contribution in [0, 0.1) is 0 Å². The molecule has 1 rings (SSSR count). The zero-order chi connectivity index (χ0) is 13.8. The molecule has 0 N–H and O–H groups in total. The first kappa shape index (κ1) is 15.7. The maximum atomic E-state index is 11.8. The number of esters is 1. The third-order valence-electron chi connectivity index (χ3n) is 2.58. The zero-order valence-electron chi connectivity index (χ0n) is 10.3. The van der Waals surface area contributed by atoms with E-state index in [4.69, 9.17) is 27.9 Å². The molecule has 0 amide bonds. The molecule has 0 aromatic heterocycles. The molecule has 0 aliphatic carbocycles. The summed E-state index contributed by atoms with van der Waals surface area (Å²) in [7, 11) is 0. The maximum absolute atomic E-state index is 11.8. The van der Waals surface area contributed by atoms with Crippen LogP contribution < -0.4 is 0 Å². The van der Waals surface area contributed by atoms with Crippen molar-refractivity contribution in [3.8, 4) is 0 Å².